The molecule has 13 nitrogen and oxygen atoms in total. The van der Waals surface area contributed by atoms with Gasteiger partial charge in [0, 0.05) is 46.0 Å². The Morgan fingerprint density at radius 1 is 0.907 bits per heavy atom. The van der Waals surface area contributed by atoms with E-state index < -0.39 is 57.6 Å². The molecular formula is C39H48ClN3O10S. The number of amides is 1. The van der Waals surface area contributed by atoms with Crippen LogP contribution in [0.1, 0.15) is 75.3 Å². The summed E-state index contributed by atoms with van der Waals surface area (Å²) in [6.07, 6.45) is 3.22. The maximum absolute atomic E-state index is 13.9. The average molecular weight is 786 g/mol. The van der Waals surface area contributed by atoms with Crippen LogP contribution >= 0.6 is 11.6 Å². The number of hydrogen-bond donors (Lipinski definition) is 7. The first-order valence-corrected chi connectivity index (χ1v) is 20.4. The Morgan fingerprint density at radius 2 is 1.59 bits per heavy atom. The fourth-order valence-electron chi connectivity index (χ4n) is 7.89. The van der Waals surface area contributed by atoms with Gasteiger partial charge in [-0.3, -0.25) is 9.78 Å². The summed E-state index contributed by atoms with van der Waals surface area (Å²) in [7, 11) is -3.99. The molecular weight excluding hydrogens is 738 g/mol. The van der Waals surface area contributed by atoms with E-state index in [0.29, 0.717) is 49.1 Å². The lowest BCUT2D eigenvalue weighted by atomic mass is 9.57. The van der Waals surface area contributed by atoms with Gasteiger partial charge in [0.2, 0.25) is 15.9 Å². The van der Waals surface area contributed by atoms with E-state index in [4.69, 9.17) is 26.2 Å². The predicted octanol–water partition coefficient (Wildman–Crippen LogP) is 3.07. The van der Waals surface area contributed by atoms with Gasteiger partial charge in [-0.05, 0) is 106 Å². The molecule has 8 rings (SSSR count). The SMILES string of the molecule is O=C(NC[C@H](O)[C@@H](O)[C@H](O)[C@H](O)CO)C12CCC(NS(=O)(=O)c3ccc(Cl)c(COC4(c5cnccc5-c5ccccc5OC5CC5)CC4)c3)(CC1)CC2. The summed E-state index contributed by atoms with van der Waals surface area (Å²) in [6, 6.07) is 14.6. The molecule has 4 atom stereocenters. The lowest BCUT2D eigenvalue weighted by molar-refractivity contribution is -0.140. The summed E-state index contributed by atoms with van der Waals surface area (Å²) < 4.78 is 43.5. The van der Waals surface area contributed by atoms with Crippen molar-refractivity contribution in [2.75, 3.05) is 13.2 Å². The van der Waals surface area contributed by atoms with Crippen LogP contribution < -0.4 is 14.8 Å². The van der Waals surface area contributed by atoms with Gasteiger partial charge in [0.25, 0.3) is 0 Å². The molecule has 5 fully saturated rings. The fourth-order valence-corrected chi connectivity index (χ4v) is 9.60. The normalized spacial score (nSPS) is 25.4. The van der Waals surface area contributed by atoms with Crippen molar-refractivity contribution in [3.63, 3.8) is 0 Å². The molecule has 0 saturated heterocycles. The molecule has 54 heavy (non-hydrogen) atoms. The fraction of sp³-hybridized carbons (Fsp3) is 0.538. The number of hydrogen-bond acceptors (Lipinski definition) is 11. The molecule has 5 aliphatic rings. The number of benzene rings is 2. The lowest BCUT2D eigenvalue weighted by Crippen LogP contribution is -2.60. The highest BCUT2D eigenvalue weighted by molar-refractivity contribution is 7.89. The molecule has 292 valence electrons. The Bertz CT molecular complexity index is 1930. The maximum atomic E-state index is 13.9. The van der Waals surface area contributed by atoms with Gasteiger partial charge in [0.05, 0.1) is 35.9 Å². The third-order valence-corrected chi connectivity index (χ3v) is 13.7. The highest BCUT2D eigenvalue weighted by atomic mass is 35.5. The number of aliphatic hydroxyl groups excluding tert-OH is 5. The second-order valence-electron chi connectivity index (χ2n) is 15.4. The number of carbonyl (C=O) groups is 1. The summed E-state index contributed by atoms with van der Waals surface area (Å²) in [4.78, 5) is 17.8. The number of sulfonamides is 1. The average Bonchev–Trinajstić information content (AvgIpc) is 4.14. The third-order valence-electron chi connectivity index (χ3n) is 11.7. The molecule has 3 aromatic rings. The van der Waals surface area contributed by atoms with E-state index in [0.717, 1.165) is 48.1 Å². The molecule has 7 N–H and O–H groups in total. The van der Waals surface area contributed by atoms with Gasteiger partial charge < -0.3 is 40.3 Å². The highest BCUT2D eigenvalue weighted by Gasteiger charge is 2.54. The minimum Gasteiger partial charge on any atom is -0.490 e. The number of para-hydroxylation sites is 1. The number of fused-ring (bicyclic) bond motifs is 3. The van der Waals surface area contributed by atoms with E-state index in [1.165, 1.54) is 6.07 Å². The van der Waals surface area contributed by atoms with Crippen molar-refractivity contribution in [1.82, 2.24) is 15.0 Å². The van der Waals surface area contributed by atoms with E-state index >= 15 is 0 Å². The Morgan fingerprint density at radius 3 is 2.26 bits per heavy atom. The number of aliphatic hydroxyl groups is 5. The molecule has 0 spiro atoms. The van der Waals surface area contributed by atoms with Crippen LogP contribution in [-0.2, 0) is 31.8 Å². The number of ether oxygens (including phenoxy) is 2. The van der Waals surface area contributed by atoms with Crippen molar-refractivity contribution in [2.45, 2.75) is 117 Å². The second kappa shape index (κ2) is 15.4. The van der Waals surface area contributed by atoms with Crippen LogP contribution in [0, 0.1) is 5.41 Å². The first-order chi connectivity index (χ1) is 25.8. The predicted molar refractivity (Wildman–Crippen MR) is 198 cm³/mol. The number of pyridine rings is 1. The monoisotopic (exact) mass is 785 g/mol. The van der Waals surface area contributed by atoms with Crippen molar-refractivity contribution in [2.24, 2.45) is 5.41 Å². The molecule has 1 aromatic heterocycles. The lowest BCUT2D eigenvalue weighted by Gasteiger charge is -2.52. The Hall–Kier alpha value is -3.18. The van der Waals surface area contributed by atoms with Gasteiger partial charge in [-0.2, -0.15) is 0 Å². The van der Waals surface area contributed by atoms with Crippen molar-refractivity contribution >= 4 is 27.5 Å². The van der Waals surface area contributed by atoms with Crippen molar-refractivity contribution in [1.29, 1.82) is 0 Å². The van der Waals surface area contributed by atoms with E-state index in [2.05, 4.69) is 15.0 Å². The number of rotatable bonds is 17. The van der Waals surface area contributed by atoms with Crippen LogP contribution in [0.5, 0.6) is 5.75 Å². The zero-order valence-electron chi connectivity index (χ0n) is 29.9. The highest BCUT2D eigenvalue weighted by Crippen LogP contribution is 2.54. The molecule has 15 heteroatoms. The third kappa shape index (κ3) is 8.04. The van der Waals surface area contributed by atoms with Gasteiger partial charge in [-0.25, -0.2) is 13.1 Å². The van der Waals surface area contributed by atoms with Gasteiger partial charge in [-0.1, -0.05) is 29.8 Å². The number of aromatic nitrogens is 1. The van der Waals surface area contributed by atoms with Gasteiger partial charge in [0.15, 0.2) is 0 Å². The first-order valence-electron chi connectivity index (χ1n) is 18.6. The van der Waals surface area contributed by atoms with Crippen LogP contribution in [0.3, 0.4) is 0 Å². The van der Waals surface area contributed by atoms with Crippen LogP contribution in [0.2, 0.25) is 5.02 Å². The Labute approximate surface area is 319 Å². The molecule has 1 heterocycles. The molecule has 2 bridgehead atoms. The summed E-state index contributed by atoms with van der Waals surface area (Å²) in [5.41, 5.74) is 1.36. The number of nitrogens with one attached hydrogen (secondary N) is 2. The van der Waals surface area contributed by atoms with E-state index in [1.807, 2.05) is 36.5 Å². The van der Waals surface area contributed by atoms with E-state index in [1.54, 1.807) is 18.3 Å². The topological polar surface area (TPSA) is 208 Å². The molecule has 2 aromatic carbocycles. The van der Waals surface area contributed by atoms with Crippen LogP contribution in [-0.4, -0.2) is 94.1 Å². The van der Waals surface area contributed by atoms with Crippen LogP contribution in [0.4, 0.5) is 0 Å². The number of carbonyl (C=O) groups excluding carboxylic acids is 1. The smallest absolute Gasteiger partial charge is 0.241 e. The maximum Gasteiger partial charge on any atom is 0.241 e. The van der Waals surface area contributed by atoms with E-state index in [-0.39, 0.29) is 30.1 Å². The summed E-state index contributed by atoms with van der Waals surface area (Å²) in [5, 5.41) is 51.8. The molecule has 5 aliphatic carbocycles. The first kappa shape index (κ1) is 39.1. The minimum absolute atomic E-state index is 0.0687. The molecule has 5 saturated carbocycles. The van der Waals surface area contributed by atoms with E-state index in [9.17, 15) is 33.6 Å². The Balaban J connectivity index is 0.986. The molecule has 0 unspecified atom stereocenters. The van der Waals surface area contributed by atoms with Crippen molar-refractivity contribution < 1.29 is 48.2 Å². The zero-order valence-corrected chi connectivity index (χ0v) is 31.4. The second-order valence-corrected chi connectivity index (χ2v) is 17.5. The summed E-state index contributed by atoms with van der Waals surface area (Å²) >= 11 is 6.61. The van der Waals surface area contributed by atoms with Crippen molar-refractivity contribution in [3.05, 3.63) is 77.1 Å². The quantitative estimate of drug-likeness (QED) is 0.106. The Kier molecular flexibility index (Phi) is 11.1. The minimum atomic E-state index is -3.99. The number of nitrogens with zero attached hydrogens (tertiary/aromatic N) is 1. The largest absolute Gasteiger partial charge is 0.490 e. The van der Waals surface area contributed by atoms with Gasteiger partial charge in [-0.15, -0.1) is 0 Å². The molecule has 0 radical (unpaired) electrons. The standard InChI is InChI=1S/C39H48ClN3O10S/c40-30-8-7-26(19-24(30)23-52-39(16-17-39)29-20-41-18-9-27(29)28-3-1-2-4-33(28)53-25-5-6-25)54(50,51)43-38-13-10-37(11-14-38,12-15-38)36(49)42-21-31(45)34(47)35(48)32(46)22-44/h1-4,7-9,18-20,25,31-32,34-35,43-48H,5-6,10-17,21-23H2,(H,42,49)/t31-,32+,34+,35+,37?,38?/m0/s1. The zero-order chi connectivity index (χ0) is 38.3. The van der Waals surface area contributed by atoms with Gasteiger partial charge in [0.1, 0.15) is 24.1 Å². The van der Waals surface area contributed by atoms with Crippen molar-refractivity contribution in [3.8, 4) is 16.9 Å². The molecule has 0 aliphatic heterocycles. The van der Waals surface area contributed by atoms with Gasteiger partial charge >= 0.3 is 0 Å². The number of halogens is 1. The molecule has 1 amide bonds. The van der Waals surface area contributed by atoms with Crippen LogP contribution in [0.15, 0.2) is 65.8 Å². The summed E-state index contributed by atoms with van der Waals surface area (Å²) in [6.45, 7) is -1.09. The van der Waals surface area contributed by atoms with Crippen LogP contribution in [0.25, 0.3) is 11.1 Å². The summed E-state index contributed by atoms with van der Waals surface area (Å²) in [5.74, 6) is 0.499.